The Hall–Kier alpha value is -1.46. The van der Waals surface area contributed by atoms with Crippen molar-refractivity contribution >= 4 is 11.6 Å². The lowest BCUT2D eigenvalue weighted by Crippen LogP contribution is -2.09. The molecule has 0 fully saturated rings. The van der Waals surface area contributed by atoms with Crippen LogP contribution in [0.25, 0.3) is 0 Å². The lowest BCUT2D eigenvalue weighted by atomic mass is 10.1. The fraction of sp³-hybridized carbons (Fsp3) is 0.462. The van der Waals surface area contributed by atoms with Gasteiger partial charge in [0.1, 0.15) is 0 Å². The molecule has 102 valence electrons. The third kappa shape index (κ3) is 2.93. The highest BCUT2D eigenvalue weighted by Crippen LogP contribution is 2.26. The molecule has 0 aliphatic carbocycles. The van der Waals surface area contributed by atoms with E-state index in [0.29, 0.717) is 11.4 Å². The SMILES string of the molecule is CCc1nn(CC)c(CC(O)c2ccnnc2)c1Cl. The van der Waals surface area contributed by atoms with E-state index in [0.717, 1.165) is 29.9 Å². The third-order valence-electron chi connectivity index (χ3n) is 3.07. The average molecular weight is 281 g/mol. The maximum Gasteiger partial charge on any atom is 0.0861 e. The van der Waals surface area contributed by atoms with E-state index >= 15 is 0 Å². The van der Waals surface area contributed by atoms with Crippen LogP contribution in [-0.2, 0) is 19.4 Å². The smallest absolute Gasteiger partial charge is 0.0861 e. The molecule has 0 aromatic carbocycles. The van der Waals surface area contributed by atoms with Crippen molar-refractivity contribution in [1.82, 2.24) is 20.0 Å². The third-order valence-corrected chi connectivity index (χ3v) is 3.51. The molecule has 2 aromatic heterocycles. The number of halogens is 1. The van der Waals surface area contributed by atoms with Crippen LogP contribution < -0.4 is 0 Å². The molecule has 2 rings (SSSR count). The van der Waals surface area contributed by atoms with Gasteiger partial charge in [0, 0.05) is 24.7 Å². The summed E-state index contributed by atoms with van der Waals surface area (Å²) in [5.74, 6) is 0. The molecule has 0 aliphatic heterocycles. The highest BCUT2D eigenvalue weighted by molar-refractivity contribution is 6.31. The number of hydrogen-bond acceptors (Lipinski definition) is 4. The van der Waals surface area contributed by atoms with Gasteiger partial charge in [-0.3, -0.25) is 4.68 Å². The number of aliphatic hydroxyl groups is 1. The second kappa shape index (κ2) is 6.12. The Morgan fingerprint density at radius 2 is 2.16 bits per heavy atom. The van der Waals surface area contributed by atoms with Crippen LogP contribution in [0.1, 0.15) is 36.9 Å². The minimum absolute atomic E-state index is 0.422. The normalized spacial score (nSPS) is 12.6. The molecule has 0 spiro atoms. The Labute approximate surface area is 117 Å². The number of rotatable bonds is 5. The van der Waals surface area contributed by atoms with Crippen molar-refractivity contribution in [3.05, 3.63) is 40.4 Å². The van der Waals surface area contributed by atoms with E-state index in [2.05, 4.69) is 15.3 Å². The molecule has 19 heavy (non-hydrogen) atoms. The Bertz CT molecular complexity index is 541. The van der Waals surface area contributed by atoms with E-state index in [-0.39, 0.29) is 0 Å². The minimum atomic E-state index is -0.653. The molecule has 2 heterocycles. The fourth-order valence-electron chi connectivity index (χ4n) is 2.01. The first kappa shape index (κ1) is 14.0. The van der Waals surface area contributed by atoms with Crippen molar-refractivity contribution in [2.24, 2.45) is 0 Å². The van der Waals surface area contributed by atoms with Crippen LogP contribution in [0.5, 0.6) is 0 Å². The van der Waals surface area contributed by atoms with Gasteiger partial charge in [-0.1, -0.05) is 18.5 Å². The van der Waals surface area contributed by atoms with E-state index in [1.54, 1.807) is 18.5 Å². The number of aliphatic hydroxyl groups excluding tert-OH is 1. The largest absolute Gasteiger partial charge is 0.388 e. The van der Waals surface area contributed by atoms with Gasteiger partial charge >= 0.3 is 0 Å². The number of aromatic nitrogens is 4. The maximum absolute atomic E-state index is 10.2. The van der Waals surface area contributed by atoms with Crippen LogP contribution in [0.3, 0.4) is 0 Å². The van der Waals surface area contributed by atoms with E-state index in [1.165, 1.54) is 0 Å². The molecule has 5 nitrogen and oxygen atoms in total. The van der Waals surface area contributed by atoms with Crippen LogP contribution >= 0.6 is 11.6 Å². The fourth-order valence-corrected chi connectivity index (χ4v) is 2.36. The molecule has 0 radical (unpaired) electrons. The summed E-state index contributed by atoms with van der Waals surface area (Å²) in [6, 6.07) is 1.75. The van der Waals surface area contributed by atoms with Crippen molar-refractivity contribution in [3.8, 4) is 0 Å². The summed E-state index contributed by atoms with van der Waals surface area (Å²) in [7, 11) is 0. The van der Waals surface area contributed by atoms with Gasteiger partial charge in [0.25, 0.3) is 0 Å². The maximum atomic E-state index is 10.2. The van der Waals surface area contributed by atoms with Crippen molar-refractivity contribution in [3.63, 3.8) is 0 Å². The average Bonchev–Trinajstić information content (AvgIpc) is 2.76. The van der Waals surface area contributed by atoms with Gasteiger partial charge in [-0.15, -0.1) is 0 Å². The summed E-state index contributed by atoms with van der Waals surface area (Å²) in [6.07, 6.45) is 3.68. The highest BCUT2D eigenvalue weighted by Gasteiger charge is 2.18. The Kier molecular flexibility index (Phi) is 4.50. The Balaban J connectivity index is 2.26. The zero-order chi connectivity index (χ0) is 13.8. The van der Waals surface area contributed by atoms with Crippen molar-refractivity contribution in [1.29, 1.82) is 0 Å². The molecule has 1 unspecified atom stereocenters. The van der Waals surface area contributed by atoms with Crippen molar-refractivity contribution in [2.45, 2.75) is 39.3 Å². The van der Waals surface area contributed by atoms with E-state index in [1.807, 2.05) is 18.5 Å². The van der Waals surface area contributed by atoms with E-state index in [9.17, 15) is 5.11 Å². The molecule has 1 N–H and O–H groups in total. The molecule has 0 amide bonds. The first-order chi connectivity index (χ1) is 9.17. The molecular formula is C13H17ClN4O. The number of hydrogen-bond donors (Lipinski definition) is 1. The quantitative estimate of drug-likeness (QED) is 0.912. The van der Waals surface area contributed by atoms with Gasteiger partial charge < -0.3 is 5.11 Å². The van der Waals surface area contributed by atoms with Crippen LogP contribution in [-0.4, -0.2) is 25.1 Å². The van der Waals surface area contributed by atoms with Crippen LogP contribution in [0.15, 0.2) is 18.5 Å². The standard InChI is InChI=1S/C13H17ClN4O/c1-3-10-13(14)11(18(4-2)17-10)7-12(19)9-5-6-15-16-8-9/h5-6,8,12,19H,3-4,7H2,1-2H3. The molecule has 1 atom stereocenters. The number of aryl methyl sites for hydroxylation is 2. The first-order valence-corrected chi connectivity index (χ1v) is 6.73. The zero-order valence-corrected chi connectivity index (χ0v) is 11.8. The summed E-state index contributed by atoms with van der Waals surface area (Å²) in [4.78, 5) is 0. The molecule has 0 aliphatic rings. The predicted octanol–water partition coefficient (Wildman–Crippen LogP) is 2.18. The van der Waals surface area contributed by atoms with Crippen molar-refractivity contribution < 1.29 is 5.11 Å². The highest BCUT2D eigenvalue weighted by atomic mass is 35.5. The monoisotopic (exact) mass is 280 g/mol. The molecule has 2 aromatic rings. The zero-order valence-electron chi connectivity index (χ0n) is 11.0. The van der Waals surface area contributed by atoms with E-state index < -0.39 is 6.10 Å². The second-order valence-corrected chi connectivity index (χ2v) is 4.65. The van der Waals surface area contributed by atoms with Gasteiger partial charge in [0.15, 0.2) is 0 Å². The topological polar surface area (TPSA) is 63.8 Å². The summed E-state index contributed by atoms with van der Waals surface area (Å²) in [5.41, 5.74) is 2.47. The second-order valence-electron chi connectivity index (χ2n) is 4.27. The Morgan fingerprint density at radius 3 is 2.74 bits per heavy atom. The molecule has 0 saturated carbocycles. The summed E-state index contributed by atoms with van der Waals surface area (Å²) < 4.78 is 1.85. The summed E-state index contributed by atoms with van der Waals surface area (Å²) in [5, 5.41) is 22.8. The van der Waals surface area contributed by atoms with Gasteiger partial charge in [0.2, 0.25) is 0 Å². The predicted molar refractivity (Wildman–Crippen MR) is 73.0 cm³/mol. The Morgan fingerprint density at radius 1 is 1.37 bits per heavy atom. The first-order valence-electron chi connectivity index (χ1n) is 6.36. The van der Waals surface area contributed by atoms with E-state index in [4.69, 9.17) is 11.6 Å². The van der Waals surface area contributed by atoms with Crippen molar-refractivity contribution in [2.75, 3.05) is 0 Å². The number of nitrogens with zero attached hydrogens (tertiary/aromatic N) is 4. The van der Waals surface area contributed by atoms with Gasteiger partial charge in [-0.25, -0.2) is 0 Å². The molecule has 0 saturated heterocycles. The molecule has 6 heteroatoms. The minimum Gasteiger partial charge on any atom is -0.388 e. The van der Waals surface area contributed by atoms with Gasteiger partial charge in [-0.05, 0) is 19.4 Å². The molecular weight excluding hydrogens is 264 g/mol. The lowest BCUT2D eigenvalue weighted by Gasteiger charge is -2.11. The van der Waals surface area contributed by atoms with Crippen LogP contribution in [0.2, 0.25) is 5.02 Å². The summed E-state index contributed by atoms with van der Waals surface area (Å²) in [6.45, 7) is 4.75. The van der Waals surface area contributed by atoms with Gasteiger partial charge in [-0.2, -0.15) is 15.3 Å². The summed E-state index contributed by atoms with van der Waals surface area (Å²) >= 11 is 6.32. The molecule has 0 bridgehead atoms. The van der Waals surface area contributed by atoms with Crippen LogP contribution in [0.4, 0.5) is 0 Å². The van der Waals surface area contributed by atoms with Crippen LogP contribution in [0, 0.1) is 0 Å². The van der Waals surface area contributed by atoms with Gasteiger partial charge in [0.05, 0.1) is 28.7 Å². The lowest BCUT2D eigenvalue weighted by molar-refractivity contribution is 0.175.